The highest BCUT2D eigenvalue weighted by Gasteiger charge is 2.12. The Bertz CT molecular complexity index is 345. The summed E-state index contributed by atoms with van der Waals surface area (Å²) in [5.74, 6) is 0.565. The van der Waals surface area contributed by atoms with Crippen LogP contribution in [0.2, 0.25) is 0 Å². The zero-order valence-electron chi connectivity index (χ0n) is 19.1. The van der Waals surface area contributed by atoms with Crippen LogP contribution < -0.4 is 0 Å². The lowest BCUT2D eigenvalue weighted by Crippen LogP contribution is -2.15. The molecule has 0 saturated heterocycles. The van der Waals surface area contributed by atoms with E-state index >= 15 is 0 Å². The predicted molar refractivity (Wildman–Crippen MR) is 116 cm³/mol. The minimum absolute atomic E-state index is 0.0655. The van der Waals surface area contributed by atoms with Crippen molar-refractivity contribution in [2.75, 3.05) is 13.2 Å². The molecule has 0 spiro atoms. The van der Waals surface area contributed by atoms with Crippen molar-refractivity contribution < 1.29 is 19.1 Å². The van der Waals surface area contributed by atoms with Gasteiger partial charge in [-0.3, -0.25) is 9.59 Å². The molecule has 0 aromatic carbocycles. The molecule has 0 aliphatic carbocycles. The van der Waals surface area contributed by atoms with Gasteiger partial charge in [0.1, 0.15) is 0 Å². The summed E-state index contributed by atoms with van der Waals surface area (Å²) in [5.41, 5.74) is 0. The molecule has 4 heteroatoms. The lowest BCUT2D eigenvalue weighted by atomic mass is 9.99. The summed E-state index contributed by atoms with van der Waals surface area (Å²) >= 11 is 0. The largest absolute Gasteiger partial charge is 0.465 e. The monoisotopic (exact) mass is 398 g/mol. The minimum atomic E-state index is -0.0655. The van der Waals surface area contributed by atoms with Crippen LogP contribution in [0.5, 0.6) is 0 Å². The van der Waals surface area contributed by atoms with Crippen molar-refractivity contribution in [3.8, 4) is 0 Å². The number of carbonyl (C=O) groups excluding carboxylic acids is 2. The molecule has 28 heavy (non-hydrogen) atoms. The van der Waals surface area contributed by atoms with Gasteiger partial charge in [-0.1, -0.05) is 79.1 Å². The van der Waals surface area contributed by atoms with E-state index in [2.05, 4.69) is 27.7 Å². The summed E-state index contributed by atoms with van der Waals surface area (Å²) in [4.78, 5) is 23.5. The van der Waals surface area contributed by atoms with Gasteiger partial charge in [0, 0.05) is 12.8 Å². The molecule has 0 heterocycles. The van der Waals surface area contributed by atoms with E-state index in [0.29, 0.717) is 37.9 Å². The second-order valence-electron chi connectivity index (χ2n) is 8.48. The van der Waals surface area contributed by atoms with Crippen LogP contribution >= 0.6 is 0 Å². The van der Waals surface area contributed by atoms with Gasteiger partial charge in [-0.05, 0) is 37.5 Å². The lowest BCUT2D eigenvalue weighted by molar-refractivity contribution is -0.146. The Balaban J connectivity index is 3.62. The molecule has 0 aliphatic rings. The highest BCUT2D eigenvalue weighted by Crippen LogP contribution is 2.15. The quantitative estimate of drug-likeness (QED) is 0.176. The van der Waals surface area contributed by atoms with Gasteiger partial charge in [-0.15, -0.1) is 0 Å². The fraction of sp³-hybridized carbons (Fsp3) is 0.917. The number of rotatable bonds is 19. The molecule has 0 bridgehead atoms. The molecule has 0 aliphatic heterocycles. The van der Waals surface area contributed by atoms with E-state index in [0.717, 1.165) is 38.5 Å². The van der Waals surface area contributed by atoms with E-state index < -0.39 is 0 Å². The van der Waals surface area contributed by atoms with Crippen molar-refractivity contribution in [1.29, 1.82) is 0 Å². The second kappa shape index (κ2) is 19.3. The first kappa shape index (κ1) is 26.9. The van der Waals surface area contributed by atoms with Crippen molar-refractivity contribution in [3.63, 3.8) is 0 Å². The highest BCUT2D eigenvalue weighted by atomic mass is 16.5. The molecule has 0 radical (unpaired) electrons. The Morgan fingerprint density at radius 3 is 1.32 bits per heavy atom. The average Bonchev–Trinajstić information content (AvgIpc) is 2.68. The van der Waals surface area contributed by atoms with Gasteiger partial charge in [0.15, 0.2) is 0 Å². The van der Waals surface area contributed by atoms with Crippen molar-refractivity contribution in [2.24, 2.45) is 11.8 Å². The summed E-state index contributed by atoms with van der Waals surface area (Å²) in [6, 6.07) is 0. The maximum atomic E-state index is 11.8. The van der Waals surface area contributed by atoms with Crippen molar-refractivity contribution in [1.82, 2.24) is 0 Å². The van der Waals surface area contributed by atoms with Crippen molar-refractivity contribution >= 4 is 11.9 Å². The summed E-state index contributed by atoms with van der Waals surface area (Å²) in [5, 5.41) is 0. The smallest absolute Gasteiger partial charge is 0.305 e. The van der Waals surface area contributed by atoms with Gasteiger partial charge in [0.2, 0.25) is 0 Å². The summed E-state index contributed by atoms with van der Waals surface area (Å²) in [6.07, 6.45) is 14.5. The van der Waals surface area contributed by atoms with E-state index in [-0.39, 0.29) is 11.9 Å². The third kappa shape index (κ3) is 18.3. The van der Waals surface area contributed by atoms with E-state index in [1.165, 1.54) is 38.5 Å². The Labute approximate surface area is 174 Å². The molecular formula is C24H46O4. The maximum Gasteiger partial charge on any atom is 0.305 e. The molecule has 0 saturated carbocycles. The van der Waals surface area contributed by atoms with Crippen molar-refractivity contribution in [2.45, 2.75) is 118 Å². The number of ether oxygens (including phenoxy) is 2. The Hall–Kier alpha value is -1.06. The van der Waals surface area contributed by atoms with E-state index in [1.807, 2.05) is 0 Å². The van der Waals surface area contributed by atoms with E-state index in [1.54, 1.807) is 0 Å². The van der Waals surface area contributed by atoms with Gasteiger partial charge >= 0.3 is 11.9 Å². The number of esters is 2. The molecular weight excluding hydrogens is 352 g/mol. The molecule has 2 unspecified atom stereocenters. The Morgan fingerprint density at radius 2 is 0.964 bits per heavy atom. The number of carbonyl (C=O) groups is 2. The molecule has 0 N–H and O–H groups in total. The standard InChI is InChI=1S/C24H46O4/c1-5-7-9-11-13-15-23(25)27-19-21(3)17-18-22(4)20-28-24(26)16-14-12-10-8-6-2/h21-22H,5-20H2,1-4H3. The third-order valence-electron chi connectivity index (χ3n) is 5.18. The second-order valence-corrected chi connectivity index (χ2v) is 8.48. The molecule has 0 amide bonds. The zero-order valence-corrected chi connectivity index (χ0v) is 19.1. The number of unbranched alkanes of at least 4 members (excludes halogenated alkanes) is 8. The van der Waals surface area contributed by atoms with Crippen LogP contribution in [0.3, 0.4) is 0 Å². The number of hydrogen-bond acceptors (Lipinski definition) is 4. The average molecular weight is 399 g/mol. The fourth-order valence-electron chi connectivity index (χ4n) is 3.10. The van der Waals surface area contributed by atoms with Crippen LogP contribution in [0.1, 0.15) is 118 Å². The van der Waals surface area contributed by atoms with E-state index in [9.17, 15) is 9.59 Å². The van der Waals surface area contributed by atoms with Crippen LogP contribution in [-0.2, 0) is 19.1 Å². The third-order valence-corrected chi connectivity index (χ3v) is 5.18. The summed E-state index contributed by atoms with van der Waals surface area (Å²) < 4.78 is 10.8. The Kier molecular flexibility index (Phi) is 18.5. The van der Waals surface area contributed by atoms with Crippen LogP contribution in [-0.4, -0.2) is 25.2 Å². The predicted octanol–water partition coefficient (Wildman–Crippen LogP) is 6.85. The molecule has 166 valence electrons. The first-order valence-corrected chi connectivity index (χ1v) is 11.8. The molecule has 2 atom stereocenters. The molecule has 0 fully saturated rings. The van der Waals surface area contributed by atoms with Crippen LogP contribution in [0, 0.1) is 11.8 Å². The topological polar surface area (TPSA) is 52.6 Å². The SMILES string of the molecule is CCCCCCCC(=O)OCC(C)CCC(C)COC(=O)CCCCCCC. The minimum Gasteiger partial charge on any atom is -0.465 e. The maximum absolute atomic E-state index is 11.8. The lowest BCUT2D eigenvalue weighted by Gasteiger charge is -2.16. The molecule has 0 aromatic rings. The molecule has 0 aromatic heterocycles. The first-order valence-electron chi connectivity index (χ1n) is 11.8. The summed E-state index contributed by atoms with van der Waals surface area (Å²) in [6.45, 7) is 9.61. The van der Waals surface area contributed by atoms with Gasteiger partial charge < -0.3 is 9.47 Å². The van der Waals surface area contributed by atoms with Crippen LogP contribution in [0.25, 0.3) is 0 Å². The van der Waals surface area contributed by atoms with Crippen LogP contribution in [0.15, 0.2) is 0 Å². The first-order chi connectivity index (χ1) is 13.5. The highest BCUT2D eigenvalue weighted by molar-refractivity contribution is 5.69. The van der Waals surface area contributed by atoms with Gasteiger partial charge in [0.25, 0.3) is 0 Å². The van der Waals surface area contributed by atoms with Gasteiger partial charge in [-0.25, -0.2) is 0 Å². The molecule has 4 nitrogen and oxygen atoms in total. The van der Waals surface area contributed by atoms with Crippen LogP contribution in [0.4, 0.5) is 0 Å². The Morgan fingerprint density at radius 1 is 0.607 bits per heavy atom. The normalized spacial score (nSPS) is 13.1. The van der Waals surface area contributed by atoms with Gasteiger partial charge in [0.05, 0.1) is 13.2 Å². The van der Waals surface area contributed by atoms with Crippen molar-refractivity contribution in [3.05, 3.63) is 0 Å². The van der Waals surface area contributed by atoms with E-state index in [4.69, 9.17) is 9.47 Å². The summed E-state index contributed by atoms with van der Waals surface area (Å²) in [7, 11) is 0. The zero-order chi connectivity index (χ0) is 21.0. The van der Waals surface area contributed by atoms with Gasteiger partial charge in [-0.2, -0.15) is 0 Å². The number of hydrogen-bond donors (Lipinski definition) is 0. The molecule has 0 rings (SSSR count). The fourth-order valence-corrected chi connectivity index (χ4v) is 3.10.